The van der Waals surface area contributed by atoms with Crippen molar-refractivity contribution in [2.45, 2.75) is 36.5 Å². The third-order valence-electron chi connectivity index (χ3n) is 3.22. The van der Waals surface area contributed by atoms with Gasteiger partial charge in [0.05, 0.1) is 11.0 Å². The summed E-state index contributed by atoms with van der Waals surface area (Å²) in [6.07, 6.45) is 0.688. The van der Waals surface area contributed by atoms with Crippen molar-refractivity contribution in [1.82, 2.24) is 5.32 Å². The van der Waals surface area contributed by atoms with Crippen LogP contribution in [0.2, 0.25) is 0 Å². The van der Waals surface area contributed by atoms with Crippen molar-refractivity contribution in [3.63, 3.8) is 0 Å². The monoisotopic (exact) mass is 339 g/mol. The lowest BCUT2D eigenvalue weighted by Crippen LogP contribution is -2.36. The second kappa shape index (κ2) is 8.50. The number of anilines is 1. The highest BCUT2D eigenvalue weighted by Gasteiger charge is 2.22. The third kappa shape index (κ3) is 5.54. The van der Waals surface area contributed by atoms with Crippen LogP contribution in [-0.2, 0) is 14.6 Å². The lowest BCUT2D eigenvalue weighted by atomic mass is 10.2. The van der Waals surface area contributed by atoms with Gasteiger partial charge in [-0.3, -0.25) is 0 Å². The van der Waals surface area contributed by atoms with E-state index >= 15 is 0 Å². The molecule has 0 aliphatic heterocycles. The molecule has 1 rings (SSSR count). The number of rotatable bonds is 7. The number of nitrogens with one attached hydrogen (secondary N) is 2. The normalized spacial score (nSPS) is 13.7. The molecule has 7 nitrogen and oxygen atoms in total. The zero-order valence-corrected chi connectivity index (χ0v) is 14.2. The molecule has 0 heterocycles. The van der Waals surface area contributed by atoms with E-state index in [1.807, 2.05) is 6.92 Å². The number of sulfone groups is 1. The van der Waals surface area contributed by atoms with Crippen LogP contribution in [-0.4, -0.2) is 39.5 Å². The molecule has 1 aromatic rings. The van der Waals surface area contributed by atoms with E-state index in [0.717, 1.165) is 0 Å². The predicted molar refractivity (Wildman–Crippen MR) is 86.8 cm³/mol. The average Bonchev–Trinajstić information content (AvgIpc) is 2.52. The maximum atomic E-state index is 12.0. The van der Waals surface area contributed by atoms with Gasteiger partial charge < -0.3 is 15.4 Å². The highest BCUT2D eigenvalue weighted by atomic mass is 32.2. The van der Waals surface area contributed by atoms with Crippen LogP contribution in [0.4, 0.5) is 10.5 Å². The van der Waals surface area contributed by atoms with E-state index in [2.05, 4.69) is 10.6 Å². The minimum Gasteiger partial charge on any atom is -0.385 e. The molecule has 0 spiro atoms. The summed E-state index contributed by atoms with van der Waals surface area (Å²) in [7, 11) is -2.07. The summed E-state index contributed by atoms with van der Waals surface area (Å²) < 4.78 is 29.0. The number of nitriles is 1. The van der Waals surface area contributed by atoms with E-state index in [4.69, 9.17) is 10.00 Å². The van der Waals surface area contributed by atoms with Crippen molar-refractivity contribution < 1.29 is 17.9 Å². The molecule has 0 bridgehead atoms. The van der Waals surface area contributed by atoms with Crippen molar-refractivity contribution in [2.24, 2.45) is 0 Å². The molecule has 2 atom stereocenters. The van der Waals surface area contributed by atoms with Gasteiger partial charge in [-0.25, -0.2) is 13.2 Å². The molecular weight excluding hydrogens is 318 g/mol. The average molecular weight is 339 g/mol. The highest BCUT2D eigenvalue weighted by Crippen LogP contribution is 2.18. The van der Waals surface area contributed by atoms with Gasteiger partial charge in [-0.15, -0.1) is 0 Å². The lowest BCUT2D eigenvalue weighted by Gasteiger charge is -2.14. The van der Waals surface area contributed by atoms with Gasteiger partial charge >= 0.3 is 6.03 Å². The first-order valence-electron chi connectivity index (χ1n) is 7.11. The number of hydrogen-bond acceptors (Lipinski definition) is 5. The molecule has 0 radical (unpaired) electrons. The van der Waals surface area contributed by atoms with Gasteiger partial charge in [0.15, 0.2) is 9.84 Å². The van der Waals surface area contributed by atoms with Crippen LogP contribution < -0.4 is 10.6 Å². The standard InChI is InChI=1S/C15H21N3O4S/c1-11(8-9-22-3)17-15(19)18-13-4-6-14(7-5-13)23(20,21)12(2)10-16/h4-7,11-12H,8-9H2,1-3H3,(H2,17,18,19)/t11-,12-/m1/s1. The van der Waals surface area contributed by atoms with Crippen LogP contribution in [0.1, 0.15) is 20.3 Å². The Balaban J connectivity index is 2.68. The maximum absolute atomic E-state index is 12.0. The Morgan fingerprint density at radius 3 is 2.43 bits per heavy atom. The van der Waals surface area contributed by atoms with E-state index in [-0.39, 0.29) is 17.0 Å². The van der Waals surface area contributed by atoms with Gasteiger partial charge in [-0.05, 0) is 44.5 Å². The number of methoxy groups -OCH3 is 1. The molecule has 0 saturated heterocycles. The van der Waals surface area contributed by atoms with Crippen LogP contribution in [0.3, 0.4) is 0 Å². The molecule has 126 valence electrons. The summed E-state index contributed by atoms with van der Waals surface area (Å²) in [6.45, 7) is 3.74. The number of hydrogen-bond donors (Lipinski definition) is 2. The Morgan fingerprint density at radius 2 is 1.91 bits per heavy atom. The minimum absolute atomic E-state index is 0.0472. The molecule has 8 heteroatoms. The SMILES string of the molecule is COCC[C@@H](C)NC(=O)Nc1ccc(S(=O)(=O)[C@H](C)C#N)cc1. The smallest absolute Gasteiger partial charge is 0.319 e. The Labute approximate surface area is 136 Å². The van der Waals surface area contributed by atoms with Gasteiger partial charge in [-0.1, -0.05) is 0 Å². The highest BCUT2D eigenvalue weighted by molar-refractivity contribution is 7.92. The molecule has 1 aromatic carbocycles. The summed E-state index contributed by atoms with van der Waals surface area (Å²) >= 11 is 0. The second-order valence-electron chi connectivity index (χ2n) is 5.12. The fraction of sp³-hybridized carbons (Fsp3) is 0.467. The van der Waals surface area contributed by atoms with Gasteiger partial charge in [0, 0.05) is 25.4 Å². The minimum atomic E-state index is -3.67. The Bertz CT molecular complexity index is 665. The first-order valence-corrected chi connectivity index (χ1v) is 8.66. The van der Waals surface area contributed by atoms with E-state index in [0.29, 0.717) is 18.7 Å². The molecule has 0 fully saturated rings. The molecule has 0 aliphatic carbocycles. The lowest BCUT2D eigenvalue weighted by molar-refractivity contribution is 0.185. The van der Waals surface area contributed by atoms with Crippen molar-refractivity contribution in [2.75, 3.05) is 19.0 Å². The summed E-state index contributed by atoms with van der Waals surface area (Å²) in [4.78, 5) is 11.8. The van der Waals surface area contributed by atoms with Crippen LogP contribution in [0.15, 0.2) is 29.2 Å². The molecule has 23 heavy (non-hydrogen) atoms. The molecule has 0 unspecified atom stereocenters. The predicted octanol–water partition coefficient (Wildman–Crippen LogP) is 1.92. The van der Waals surface area contributed by atoms with Crippen molar-refractivity contribution >= 4 is 21.6 Å². The molecule has 2 amide bonds. The van der Waals surface area contributed by atoms with Gasteiger partial charge in [0.2, 0.25) is 0 Å². The summed E-state index contributed by atoms with van der Waals surface area (Å²) in [5, 5.41) is 13.0. The van der Waals surface area contributed by atoms with E-state index < -0.39 is 15.1 Å². The zero-order chi connectivity index (χ0) is 17.5. The fourth-order valence-electron chi connectivity index (χ4n) is 1.76. The first kappa shape index (κ1) is 18.9. The summed E-state index contributed by atoms with van der Waals surface area (Å²) in [5.41, 5.74) is 0.463. The van der Waals surface area contributed by atoms with Crippen molar-refractivity contribution in [3.05, 3.63) is 24.3 Å². The van der Waals surface area contributed by atoms with Gasteiger partial charge in [-0.2, -0.15) is 5.26 Å². The largest absolute Gasteiger partial charge is 0.385 e. The van der Waals surface area contributed by atoms with E-state index in [1.165, 1.54) is 31.2 Å². The van der Waals surface area contributed by atoms with Crippen LogP contribution in [0.25, 0.3) is 0 Å². The van der Waals surface area contributed by atoms with Crippen molar-refractivity contribution in [3.8, 4) is 6.07 Å². The Kier molecular flexibility index (Phi) is 7.00. The topological polar surface area (TPSA) is 108 Å². The molecule has 0 aliphatic rings. The maximum Gasteiger partial charge on any atom is 0.319 e. The number of amides is 2. The number of ether oxygens (including phenoxy) is 1. The van der Waals surface area contributed by atoms with Crippen LogP contribution in [0, 0.1) is 11.3 Å². The number of benzene rings is 1. The number of carbonyl (C=O) groups excluding carboxylic acids is 1. The number of nitrogens with zero attached hydrogens (tertiary/aromatic N) is 1. The summed E-state index contributed by atoms with van der Waals surface area (Å²) in [6, 6.07) is 6.98. The third-order valence-corrected chi connectivity index (χ3v) is 5.19. The van der Waals surface area contributed by atoms with E-state index in [9.17, 15) is 13.2 Å². The Hall–Kier alpha value is -2.11. The zero-order valence-electron chi connectivity index (χ0n) is 13.4. The number of urea groups is 1. The van der Waals surface area contributed by atoms with Crippen LogP contribution in [0.5, 0.6) is 0 Å². The molecule has 0 aromatic heterocycles. The van der Waals surface area contributed by atoms with Crippen molar-refractivity contribution in [1.29, 1.82) is 5.26 Å². The quantitative estimate of drug-likeness (QED) is 0.789. The molecule has 0 saturated carbocycles. The van der Waals surface area contributed by atoms with E-state index in [1.54, 1.807) is 13.2 Å². The fourth-order valence-corrected chi connectivity index (χ4v) is 2.82. The Morgan fingerprint density at radius 1 is 1.30 bits per heavy atom. The first-order chi connectivity index (χ1) is 10.8. The van der Waals surface area contributed by atoms with Gasteiger partial charge in [0.25, 0.3) is 0 Å². The van der Waals surface area contributed by atoms with Crippen LogP contribution >= 0.6 is 0 Å². The number of carbonyl (C=O) groups is 1. The van der Waals surface area contributed by atoms with Gasteiger partial charge in [0.1, 0.15) is 5.25 Å². The molecule has 2 N–H and O–H groups in total. The molecular formula is C15H21N3O4S. The summed E-state index contributed by atoms with van der Waals surface area (Å²) in [5.74, 6) is 0. The second-order valence-corrected chi connectivity index (χ2v) is 7.39.